The van der Waals surface area contributed by atoms with E-state index in [1.54, 1.807) is 24.1 Å². The highest BCUT2D eigenvalue weighted by atomic mass is 32.1. The normalized spacial score (nSPS) is 14.5. The predicted molar refractivity (Wildman–Crippen MR) is 165 cm³/mol. The van der Waals surface area contributed by atoms with Gasteiger partial charge in [0, 0.05) is 43.1 Å². The van der Waals surface area contributed by atoms with Gasteiger partial charge in [0.2, 0.25) is 0 Å². The molecule has 6 nitrogen and oxygen atoms in total. The van der Waals surface area contributed by atoms with Gasteiger partial charge in [-0.05, 0) is 79.6 Å². The maximum Gasteiger partial charge on any atom is 0.276 e. The smallest absolute Gasteiger partial charge is 0.276 e. The summed E-state index contributed by atoms with van der Waals surface area (Å²) in [6.07, 6.45) is 4.07. The molecule has 0 saturated heterocycles. The number of para-hydroxylation sites is 1. The number of aryl methyl sites for hydroxylation is 1. The summed E-state index contributed by atoms with van der Waals surface area (Å²) in [5, 5.41) is 0. The number of halogens is 1. The van der Waals surface area contributed by atoms with Crippen LogP contribution in [0.2, 0.25) is 0 Å². The summed E-state index contributed by atoms with van der Waals surface area (Å²) >= 11 is 1.42. The first-order valence-electron chi connectivity index (χ1n) is 14.5. The third-order valence-electron chi connectivity index (χ3n) is 8.36. The van der Waals surface area contributed by atoms with Crippen molar-refractivity contribution in [3.63, 3.8) is 0 Å². The number of benzene rings is 2. The second-order valence-corrected chi connectivity index (χ2v) is 12.0. The first-order valence-corrected chi connectivity index (χ1v) is 15.3. The summed E-state index contributed by atoms with van der Waals surface area (Å²) in [6, 6.07) is 20.7. The van der Waals surface area contributed by atoms with Crippen LogP contribution in [0, 0.1) is 12.7 Å². The largest absolute Gasteiger partial charge is 0.383 e. The van der Waals surface area contributed by atoms with Gasteiger partial charge in [-0.15, -0.1) is 11.3 Å². The Bertz CT molecular complexity index is 1610. The van der Waals surface area contributed by atoms with Gasteiger partial charge >= 0.3 is 0 Å². The number of fused-ring (bicyclic) bond motifs is 3. The average molecular weight is 584 g/mol. The molecule has 1 saturated carbocycles. The Kier molecular flexibility index (Phi) is 8.18. The molecule has 1 amide bonds. The van der Waals surface area contributed by atoms with E-state index in [4.69, 9.17) is 9.72 Å². The molecular weight excluding hydrogens is 549 g/mol. The predicted octanol–water partition coefficient (Wildman–Crippen LogP) is 6.89. The molecule has 8 heteroatoms. The molecular formula is C34H34FN3O3S. The molecule has 6 rings (SSSR count). The number of pyridine rings is 1. The minimum absolute atomic E-state index is 0.0222. The van der Waals surface area contributed by atoms with Crippen molar-refractivity contribution in [2.45, 2.75) is 45.1 Å². The van der Waals surface area contributed by atoms with Crippen LogP contribution in [0.3, 0.4) is 0 Å². The van der Waals surface area contributed by atoms with Gasteiger partial charge in [0.25, 0.3) is 5.91 Å². The maximum absolute atomic E-state index is 14.4. The van der Waals surface area contributed by atoms with Gasteiger partial charge in [0.15, 0.2) is 5.78 Å². The van der Waals surface area contributed by atoms with Crippen LogP contribution in [0.1, 0.15) is 56.1 Å². The van der Waals surface area contributed by atoms with Crippen LogP contribution < -0.4 is 9.80 Å². The Hall–Kier alpha value is -3.88. The molecule has 42 heavy (non-hydrogen) atoms. The van der Waals surface area contributed by atoms with E-state index < -0.39 is 0 Å². The minimum atomic E-state index is -0.354. The number of amides is 1. The highest BCUT2D eigenvalue weighted by Gasteiger charge is 2.30. The monoisotopic (exact) mass is 583 g/mol. The van der Waals surface area contributed by atoms with Crippen LogP contribution in [0.5, 0.6) is 0 Å². The van der Waals surface area contributed by atoms with Crippen molar-refractivity contribution < 1.29 is 18.7 Å². The molecule has 2 aromatic carbocycles. The highest BCUT2D eigenvalue weighted by Crippen LogP contribution is 2.42. The van der Waals surface area contributed by atoms with Crippen LogP contribution >= 0.6 is 11.3 Å². The standard InChI is InChI=1S/C34H34FN3O3S/c1-22-8-5-12-27(35)26(22)21-30(39)31-20-23-16-17-38(29-14-4-3-11-25(29)33(23)42-31)34(40)28-13-7-15-32(36-28)37(18-19-41-2)24-9-6-10-24/h3-5,7-8,11-15,20,24H,6,9-10,16-19,21H2,1-2H3. The van der Waals surface area contributed by atoms with Crippen LogP contribution in [0.15, 0.2) is 66.7 Å². The fourth-order valence-electron chi connectivity index (χ4n) is 5.80. The molecule has 216 valence electrons. The van der Waals surface area contributed by atoms with Gasteiger partial charge in [0.1, 0.15) is 17.3 Å². The second-order valence-electron chi connectivity index (χ2n) is 11.0. The zero-order valence-corrected chi connectivity index (χ0v) is 24.8. The summed E-state index contributed by atoms with van der Waals surface area (Å²) in [5.74, 6) is 0.203. The Labute approximate surface area is 249 Å². The Balaban J connectivity index is 1.28. The average Bonchev–Trinajstić information content (AvgIpc) is 3.34. The van der Waals surface area contributed by atoms with E-state index in [9.17, 15) is 14.0 Å². The molecule has 0 N–H and O–H groups in total. The zero-order valence-electron chi connectivity index (χ0n) is 23.9. The molecule has 1 aliphatic heterocycles. The van der Waals surface area contributed by atoms with E-state index in [-0.39, 0.29) is 23.9 Å². The lowest BCUT2D eigenvalue weighted by Gasteiger charge is -2.38. The minimum Gasteiger partial charge on any atom is -0.383 e. The lowest BCUT2D eigenvalue weighted by Crippen LogP contribution is -2.43. The summed E-state index contributed by atoms with van der Waals surface area (Å²) in [4.78, 5) is 37.8. The van der Waals surface area contributed by atoms with Gasteiger partial charge in [-0.2, -0.15) is 0 Å². The number of aromatic nitrogens is 1. The van der Waals surface area contributed by atoms with E-state index >= 15 is 0 Å². The molecule has 2 aliphatic rings. The number of rotatable bonds is 9. The van der Waals surface area contributed by atoms with Gasteiger partial charge in [-0.3, -0.25) is 9.59 Å². The molecule has 1 fully saturated rings. The molecule has 0 unspecified atom stereocenters. The summed E-state index contributed by atoms with van der Waals surface area (Å²) < 4.78 is 19.8. The summed E-state index contributed by atoms with van der Waals surface area (Å²) in [7, 11) is 1.70. The van der Waals surface area contributed by atoms with E-state index in [2.05, 4.69) is 4.90 Å². The van der Waals surface area contributed by atoms with Crippen molar-refractivity contribution in [2.24, 2.45) is 0 Å². The van der Waals surface area contributed by atoms with Crippen LogP contribution in [0.25, 0.3) is 10.4 Å². The number of carbonyl (C=O) groups is 2. The molecule has 4 aromatic rings. The number of methoxy groups -OCH3 is 1. The van der Waals surface area contributed by atoms with Crippen molar-refractivity contribution in [3.8, 4) is 10.4 Å². The lowest BCUT2D eigenvalue weighted by molar-refractivity contribution is 0.0978. The number of thiophene rings is 1. The van der Waals surface area contributed by atoms with E-state index in [0.717, 1.165) is 52.5 Å². The third kappa shape index (κ3) is 5.49. The van der Waals surface area contributed by atoms with Crippen molar-refractivity contribution in [1.29, 1.82) is 0 Å². The Morgan fingerprint density at radius 1 is 1.10 bits per heavy atom. The topological polar surface area (TPSA) is 62.7 Å². The maximum atomic E-state index is 14.4. The number of carbonyl (C=O) groups excluding carboxylic acids is 2. The number of hydrogen-bond acceptors (Lipinski definition) is 6. The highest BCUT2D eigenvalue weighted by molar-refractivity contribution is 7.17. The summed E-state index contributed by atoms with van der Waals surface area (Å²) in [6.45, 7) is 3.62. The van der Waals surface area contributed by atoms with E-state index in [1.165, 1.54) is 23.8 Å². The van der Waals surface area contributed by atoms with Gasteiger partial charge in [0.05, 0.1) is 17.2 Å². The first kappa shape index (κ1) is 28.2. The zero-order chi connectivity index (χ0) is 29.2. The van der Waals surface area contributed by atoms with E-state index in [1.807, 2.05) is 55.5 Å². The number of hydrogen-bond donors (Lipinski definition) is 0. The first-order chi connectivity index (χ1) is 20.4. The fourth-order valence-corrected chi connectivity index (χ4v) is 6.98. The fraction of sp³-hybridized carbons (Fsp3) is 0.324. The number of Topliss-reactive ketones (excluding diaryl/α,β-unsaturated/α-hetero) is 1. The van der Waals surface area contributed by atoms with Gasteiger partial charge < -0.3 is 14.5 Å². The quantitative estimate of drug-likeness (QED) is 0.201. The number of anilines is 2. The molecule has 2 aromatic heterocycles. The summed E-state index contributed by atoms with van der Waals surface area (Å²) in [5.41, 5.74) is 4.36. The van der Waals surface area contributed by atoms with Gasteiger partial charge in [-0.1, -0.05) is 36.4 Å². The van der Waals surface area contributed by atoms with Crippen molar-refractivity contribution in [2.75, 3.05) is 36.6 Å². The second kappa shape index (κ2) is 12.2. The third-order valence-corrected chi connectivity index (χ3v) is 9.61. The Morgan fingerprint density at radius 3 is 2.67 bits per heavy atom. The molecule has 3 heterocycles. The van der Waals surface area contributed by atoms with Crippen molar-refractivity contribution in [3.05, 3.63) is 99.8 Å². The number of ketones is 1. The van der Waals surface area contributed by atoms with E-state index in [0.29, 0.717) is 41.7 Å². The Morgan fingerprint density at radius 2 is 1.90 bits per heavy atom. The van der Waals surface area contributed by atoms with Crippen LogP contribution in [-0.4, -0.2) is 49.5 Å². The molecule has 1 aliphatic carbocycles. The molecule has 0 atom stereocenters. The van der Waals surface area contributed by atoms with Crippen molar-refractivity contribution in [1.82, 2.24) is 4.98 Å². The molecule has 0 bridgehead atoms. The molecule has 0 spiro atoms. The molecule has 0 radical (unpaired) electrons. The van der Waals surface area contributed by atoms with Crippen LogP contribution in [0.4, 0.5) is 15.9 Å². The number of nitrogens with zero attached hydrogens (tertiary/aromatic N) is 3. The number of ether oxygens (including phenoxy) is 1. The van der Waals surface area contributed by atoms with Gasteiger partial charge in [-0.25, -0.2) is 9.37 Å². The lowest BCUT2D eigenvalue weighted by atomic mass is 9.91. The SMILES string of the molecule is COCCN(c1cccc(C(=O)N2CCc3cc(C(=O)Cc4c(C)cccc4F)sc3-c3ccccc32)n1)C1CCC1. The van der Waals surface area contributed by atoms with Crippen molar-refractivity contribution >= 4 is 34.5 Å². The van der Waals surface area contributed by atoms with Crippen LogP contribution in [-0.2, 0) is 17.6 Å².